The van der Waals surface area contributed by atoms with Gasteiger partial charge in [0.15, 0.2) is 0 Å². The number of carbonyl (C=O) groups excluding carboxylic acids is 1. The molecule has 92 valence electrons. The highest BCUT2D eigenvalue weighted by atomic mass is 35.5. The summed E-state index contributed by atoms with van der Waals surface area (Å²) >= 11 is 5.82. The Balaban J connectivity index is 1.81. The minimum Gasteiger partial charge on any atom is -0.355 e. The van der Waals surface area contributed by atoms with Crippen molar-refractivity contribution in [3.63, 3.8) is 0 Å². The first-order chi connectivity index (χ1) is 8.13. The van der Waals surface area contributed by atoms with Gasteiger partial charge < -0.3 is 5.32 Å². The molecule has 1 aromatic rings. The fourth-order valence-electron chi connectivity index (χ4n) is 1.72. The van der Waals surface area contributed by atoms with Gasteiger partial charge in [0.25, 0.3) is 0 Å². The molecule has 1 aliphatic rings. The number of alkyl halides is 1. The van der Waals surface area contributed by atoms with E-state index in [2.05, 4.69) is 5.32 Å². The van der Waals surface area contributed by atoms with E-state index in [0.717, 1.165) is 12.8 Å². The molecule has 0 radical (unpaired) electrons. The number of nitrogens with one attached hydrogen (secondary N) is 1. The van der Waals surface area contributed by atoms with Crippen molar-refractivity contribution in [3.05, 3.63) is 35.6 Å². The molecule has 0 spiro atoms. The molecule has 17 heavy (non-hydrogen) atoms. The molecule has 1 fully saturated rings. The van der Waals surface area contributed by atoms with Crippen molar-refractivity contribution in [2.45, 2.75) is 19.3 Å². The quantitative estimate of drug-likeness (QED) is 0.805. The van der Waals surface area contributed by atoms with Crippen molar-refractivity contribution < 1.29 is 9.18 Å². The van der Waals surface area contributed by atoms with Crippen LogP contribution in [-0.2, 0) is 11.2 Å². The van der Waals surface area contributed by atoms with Crippen LogP contribution in [0.25, 0.3) is 0 Å². The monoisotopic (exact) mass is 255 g/mol. The Kier molecular flexibility index (Phi) is 3.67. The lowest BCUT2D eigenvalue weighted by Crippen LogP contribution is -2.32. The highest BCUT2D eigenvalue weighted by molar-refractivity contribution is 6.18. The van der Waals surface area contributed by atoms with Crippen molar-refractivity contribution in [1.29, 1.82) is 0 Å². The Labute approximate surface area is 105 Å². The van der Waals surface area contributed by atoms with E-state index < -0.39 is 0 Å². The third-order valence-corrected chi connectivity index (χ3v) is 3.72. The van der Waals surface area contributed by atoms with Crippen LogP contribution in [0.2, 0.25) is 0 Å². The maximum Gasteiger partial charge on any atom is 0.224 e. The first-order valence-corrected chi connectivity index (χ1v) is 6.24. The zero-order valence-corrected chi connectivity index (χ0v) is 10.3. The maximum absolute atomic E-state index is 12.9. The largest absolute Gasteiger partial charge is 0.355 e. The second kappa shape index (κ2) is 5.05. The van der Waals surface area contributed by atoms with Crippen LogP contribution in [0.15, 0.2) is 24.3 Å². The fourth-order valence-corrected chi connectivity index (χ4v) is 2.08. The first-order valence-electron chi connectivity index (χ1n) is 5.71. The third-order valence-electron chi connectivity index (χ3n) is 3.15. The van der Waals surface area contributed by atoms with E-state index in [1.807, 2.05) is 0 Å². The summed E-state index contributed by atoms with van der Waals surface area (Å²) < 4.78 is 12.9. The van der Waals surface area contributed by atoms with Gasteiger partial charge in [-0.25, -0.2) is 4.39 Å². The molecule has 1 aromatic carbocycles. The molecule has 1 amide bonds. The first kappa shape index (κ1) is 12.4. The Bertz CT molecular complexity index is 418. The number of halogens is 2. The average molecular weight is 256 g/mol. The number of hydrogen-bond acceptors (Lipinski definition) is 1. The van der Waals surface area contributed by atoms with Crippen LogP contribution >= 0.6 is 11.6 Å². The SMILES string of the molecule is O=C(Cc1cccc(F)c1)NCC1(CCl)CC1. The van der Waals surface area contributed by atoms with Crippen molar-refractivity contribution in [2.75, 3.05) is 12.4 Å². The maximum atomic E-state index is 12.9. The van der Waals surface area contributed by atoms with Crippen molar-refractivity contribution in [3.8, 4) is 0 Å². The molecule has 1 aliphatic carbocycles. The Morgan fingerprint density at radius 1 is 1.47 bits per heavy atom. The van der Waals surface area contributed by atoms with Crippen LogP contribution < -0.4 is 5.32 Å². The van der Waals surface area contributed by atoms with E-state index in [4.69, 9.17) is 11.6 Å². The van der Waals surface area contributed by atoms with Crippen LogP contribution in [0.3, 0.4) is 0 Å². The topological polar surface area (TPSA) is 29.1 Å². The summed E-state index contributed by atoms with van der Waals surface area (Å²) in [7, 11) is 0. The molecular formula is C13H15ClFNO. The molecule has 2 rings (SSSR count). The predicted molar refractivity (Wildman–Crippen MR) is 65.5 cm³/mol. The van der Waals surface area contributed by atoms with Gasteiger partial charge in [-0.2, -0.15) is 0 Å². The van der Waals surface area contributed by atoms with Gasteiger partial charge in [-0.3, -0.25) is 4.79 Å². The second-order valence-corrected chi connectivity index (χ2v) is 4.98. The smallest absolute Gasteiger partial charge is 0.224 e. The zero-order chi connectivity index (χ0) is 12.3. The molecule has 4 heteroatoms. The number of carbonyl (C=O) groups is 1. The number of benzene rings is 1. The molecule has 1 N–H and O–H groups in total. The van der Waals surface area contributed by atoms with Gasteiger partial charge in [-0.1, -0.05) is 12.1 Å². The zero-order valence-electron chi connectivity index (χ0n) is 9.51. The van der Waals surface area contributed by atoms with Crippen LogP contribution in [0, 0.1) is 11.2 Å². The van der Waals surface area contributed by atoms with E-state index in [-0.39, 0.29) is 23.6 Å². The van der Waals surface area contributed by atoms with E-state index in [9.17, 15) is 9.18 Å². The van der Waals surface area contributed by atoms with Crippen molar-refractivity contribution in [2.24, 2.45) is 5.41 Å². The Morgan fingerprint density at radius 2 is 2.24 bits per heavy atom. The van der Waals surface area contributed by atoms with Gasteiger partial charge >= 0.3 is 0 Å². The summed E-state index contributed by atoms with van der Waals surface area (Å²) in [4.78, 5) is 11.6. The minimum atomic E-state index is -0.310. The van der Waals surface area contributed by atoms with E-state index in [1.165, 1.54) is 12.1 Å². The number of amides is 1. The molecule has 1 saturated carbocycles. The van der Waals surface area contributed by atoms with E-state index in [0.29, 0.717) is 18.0 Å². The standard InChI is InChI=1S/C13H15ClFNO/c14-8-13(4-5-13)9-16-12(17)7-10-2-1-3-11(15)6-10/h1-3,6H,4-5,7-9H2,(H,16,17). The van der Waals surface area contributed by atoms with Crippen molar-refractivity contribution >= 4 is 17.5 Å². The highest BCUT2D eigenvalue weighted by Crippen LogP contribution is 2.45. The average Bonchev–Trinajstić information content (AvgIpc) is 3.07. The van der Waals surface area contributed by atoms with Gasteiger partial charge in [0.2, 0.25) is 5.91 Å². The lowest BCUT2D eigenvalue weighted by molar-refractivity contribution is -0.120. The lowest BCUT2D eigenvalue weighted by atomic mass is 10.1. The molecule has 0 aromatic heterocycles. The summed E-state index contributed by atoms with van der Waals surface area (Å²) in [6, 6.07) is 6.11. The molecule has 0 saturated heterocycles. The summed E-state index contributed by atoms with van der Waals surface area (Å²) in [5.41, 5.74) is 0.817. The van der Waals surface area contributed by atoms with Crippen molar-refractivity contribution in [1.82, 2.24) is 5.32 Å². The van der Waals surface area contributed by atoms with Gasteiger partial charge in [-0.05, 0) is 30.5 Å². The van der Waals surface area contributed by atoms with Crippen LogP contribution in [-0.4, -0.2) is 18.3 Å². The third kappa shape index (κ3) is 3.43. The number of rotatable bonds is 5. The Hall–Kier alpha value is -1.09. The van der Waals surface area contributed by atoms with E-state index >= 15 is 0 Å². The number of hydrogen-bond donors (Lipinski definition) is 1. The summed E-state index contributed by atoms with van der Waals surface area (Å²) in [5, 5.41) is 2.86. The molecule has 0 bridgehead atoms. The summed E-state index contributed by atoms with van der Waals surface area (Å²) in [6.45, 7) is 0.630. The molecular weight excluding hydrogens is 241 g/mol. The normalized spacial score (nSPS) is 16.6. The predicted octanol–water partition coefficient (Wildman–Crippen LogP) is 2.50. The van der Waals surface area contributed by atoms with Crippen LogP contribution in [0.5, 0.6) is 0 Å². The van der Waals surface area contributed by atoms with Gasteiger partial charge in [-0.15, -0.1) is 11.6 Å². The fraction of sp³-hybridized carbons (Fsp3) is 0.462. The molecule has 0 unspecified atom stereocenters. The van der Waals surface area contributed by atoms with Gasteiger partial charge in [0.05, 0.1) is 6.42 Å². The Morgan fingerprint density at radius 3 is 2.82 bits per heavy atom. The molecule has 0 aliphatic heterocycles. The van der Waals surface area contributed by atoms with Crippen LogP contribution in [0.4, 0.5) is 4.39 Å². The van der Waals surface area contributed by atoms with Crippen LogP contribution in [0.1, 0.15) is 18.4 Å². The van der Waals surface area contributed by atoms with Gasteiger partial charge in [0.1, 0.15) is 5.82 Å². The summed E-state index contributed by atoms with van der Waals surface area (Å²) in [6.07, 6.45) is 2.38. The highest BCUT2D eigenvalue weighted by Gasteiger charge is 2.41. The van der Waals surface area contributed by atoms with E-state index in [1.54, 1.807) is 12.1 Å². The molecule has 0 heterocycles. The molecule has 0 atom stereocenters. The minimum absolute atomic E-state index is 0.0769. The second-order valence-electron chi connectivity index (χ2n) is 4.72. The lowest BCUT2D eigenvalue weighted by Gasteiger charge is -2.12. The summed E-state index contributed by atoms with van der Waals surface area (Å²) in [5.74, 6) is 0.203. The van der Waals surface area contributed by atoms with Gasteiger partial charge in [0, 0.05) is 17.8 Å². The molecule has 2 nitrogen and oxygen atoms in total.